The Labute approximate surface area is 165 Å². The van der Waals surface area contributed by atoms with Gasteiger partial charge in [0.2, 0.25) is 5.91 Å². The number of rotatable bonds is 3. The average molecular weight is 391 g/mol. The van der Waals surface area contributed by atoms with Crippen molar-refractivity contribution < 1.29 is 9.59 Å². The Morgan fingerprint density at radius 3 is 2.48 bits per heavy atom. The molecular formula is C20H27ClN4O2. The number of carbonyl (C=O) groups is 2. The molecule has 0 spiro atoms. The van der Waals surface area contributed by atoms with Crippen molar-refractivity contribution in [3.8, 4) is 0 Å². The van der Waals surface area contributed by atoms with Gasteiger partial charge in [0.05, 0.1) is 5.92 Å². The van der Waals surface area contributed by atoms with E-state index in [1.165, 1.54) is 0 Å². The van der Waals surface area contributed by atoms with Gasteiger partial charge in [-0.25, -0.2) is 4.79 Å². The van der Waals surface area contributed by atoms with Gasteiger partial charge in [0.25, 0.3) is 0 Å². The van der Waals surface area contributed by atoms with Crippen LogP contribution in [0.5, 0.6) is 0 Å². The van der Waals surface area contributed by atoms with E-state index in [2.05, 4.69) is 16.3 Å². The van der Waals surface area contributed by atoms with Gasteiger partial charge >= 0.3 is 6.03 Å². The fourth-order valence-electron chi connectivity index (χ4n) is 3.97. The Kier molecular flexibility index (Phi) is 5.43. The van der Waals surface area contributed by atoms with Crippen LogP contribution in [0.1, 0.15) is 25.7 Å². The first-order valence-corrected chi connectivity index (χ1v) is 10.3. The third-order valence-electron chi connectivity index (χ3n) is 5.73. The van der Waals surface area contributed by atoms with E-state index in [0.29, 0.717) is 12.6 Å². The zero-order valence-corrected chi connectivity index (χ0v) is 16.3. The van der Waals surface area contributed by atoms with Gasteiger partial charge in [-0.1, -0.05) is 17.7 Å². The molecule has 2 saturated heterocycles. The molecule has 1 aromatic rings. The fourth-order valence-corrected chi connectivity index (χ4v) is 4.16. The minimum absolute atomic E-state index is 0.000718. The number of anilines is 1. The second kappa shape index (κ2) is 7.97. The molecule has 1 unspecified atom stereocenters. The Balaban J connectivity index is 1.30. The lowest BCUT2D eigenvalue weighted by atomic mass is 9.96. The first kappa shape index (κ1) is 18.4. The molecule has 6 nitrogen and oxygen atoms in total. The van der Waals surface area contributed by atoms with Crippen molar-refractivity contribution in [3.63, 3.8) is 0 Å². The number of nitrogens with one attached hydrogen (secondary N) is 1. The summed E-state index contributed by atoms with van der Waals surface area (Å²) >= 11 is 6.09. The minimum Gasteiger partial charge on any atom is -0.368 e. The molecule has 7 heteroatoms. The zero-order chi connectivity index (χ0) is 18.8. The molecule has 0 bridgehead atoms. The van der Waals surface area contributed by atoms with Crippen LogP contribution in [0.2, 0.25) is 5.02 Å². The van der Waals surface area contributed by atoms with Gasteiger partial charge in [-0.15, -0.1) is 0 Å². The largest absolute Gasteiger partial charge is 0.368 e. The molecule has 2 aliphatic heterocycles. The van der Waals surface area contributed by atoms with Gasteiger partial charge in [-0.3, -0.25) is 4.79 Å². The Bertz CT molecular complexity index is 701. The van der Waals surface area contributed by atoms with E-state index in [0.717, 1.165) is 69.1 Å². The summed E-state index contributed by atoms with van der Waals surface area (Å²) in [7, 11) is 0. The number of amides is 3. The van der Waals surface area contributed by atoms with Crippen LogP contribution in [0.25, 0.3) is 0 Å². The summed E-state index contributed by atoms with van der Waals surface area (Å²) in [5.74, 6) is 0.131. The number of hydrogen-bond donors (Lipinski definition) is 1. The smallest absolute Gasteiger partial charge is 0.317 e. The molecule has 0 aromatic heterocycles. The number of piperazine rings is 1. The number of urea groups is 1. The lowest BCUT2D eigenvalue weighted by Gasteiger charge is -2.39. The number of benzene rings is 1. The monoisotopic (exact) mass is 390 g/mol. The number of hydrogen-bond acceptors (Lipinski definition) is 3. The van der Waals surface area contributed by atoms with Crippen molar-refractivity contribution in [1.82, 2.24) is 15.1 Å². The van der Waals surface area contributed by atoms with Crippen LogP contribution in [-0.4, -0.2) is 67.0 Å². The molecule has 1 atom stereocenters. The fraction of sp³-hybridized carbons (Fsp3) is 0.600. The summed E-state index contributed by atoms with van der Waals surface area (Å²) in [6.07, 6.45) is 3.94. The van der Waals surface area contributed by atoms with E-state index in [1.54, 1.807) is 0 Å². The van der Waals surface area contributed by atoms with Crippen molar-refractivity contribution in [2.24, 2.45) is 5.92 Å². The van der Waals surface area contributed by atoms with Crippen LogP contribution in [0.4, 0.5) is 10.5 Å². The Hall–Kier alpha value is -1.95. The van der Waals surface area contributed by atoms with Crippen molar-refractivity contribution in [1.29, 1.82) is 0 Å². The number of halogens is 1. The normalized spacial score (nSPS) is 23.3. The molecular weight excluding hydrogens is 364 g/mol. The van der Waals surface area contributed by atoms with Gasteiger partial charge in [-0.2, -0.15) is 0 Å². The quantitative estimate of drug-likeness (QED) is 0.863. The second-order valence-electron chi connectivity index (χ2n) is 7.80. The summed E-state index contributed by atoms with van der Waals surface area (Å²) in [4.78, 5) is 31.3. The van der Waals surface area contributed by atoms with Crippen LogP contribution < -0.4 is 10.2 Å². The first-order chi connectivity index (χ1) is 13.1. The predicted octanol–water partition coefficient (Wildman–Crippen LogP) is 2.57. The maximum atomic E-state index is 13.0. The Morgan fingerprint density at radius 2 is 1.78 bits per heavy atom. The topological polar surface area (TPSA) is 55.9 Å². The summed E-state index contributed by atoms with van der Waals surface area (Å²) in [6, 6.07) is 8.21. The molecule has 4 rings (SSSR count). The van der Waals surface area contributed by atoms with E-state index in [4.69, 9.17) is 11.6 Å². The van der Waals surface area contributed by atoms with Gasteiger partial charge < -0.3 is 20.0 Å². The molecule has 1 N–H and O–H groups in total. The van der Waals surface area contributed by atoms with Crippen molar-refractivity contribution in [2.75, 3.05) is 44.2 Å². The third kappa shape index (κ3) is 4.49. The molecule has 3 aliphatic rings. The summed E-state index contributed by atoms with van der Waals surface area (Å²) in [5, 5.41) is 3.77. The minimum atomic E-state index is -0.0681. The lowest BCUT2D eigenvalue weighted by molar-refractivity contribution is -0.137. The zero-order valence-electron chi connectivity index (χ0n) is 15.6. The van der Waals surface area contributed by atoms with Crippen molar-refractivity contribution >= 4 is 29.2 Å². The van der Waals surface area contributed by atoms with Crippen LogP contribution in [0, 0.1) is 5.92 Å². The standard InChI is InChI=1S/C20H27ClN4O2/c21-16-4-1-5-18(13-16)23-9-11-24(12-10-23)19(26)15-3-2-8-25(14-15)20(27)22-17-6-7-17/h1,4-5,13,15,17H,2-3,6-12,14H2,(H,22,27). The molecule has 146 valence electrons. The SMILES string of the molecule is O=C(NC1CC1)N1CCCC(C(=O)N2CCN(c3cccc(Cl)c3)CC2)C1. The molecule has 27 heavy (non-hydrogen) atoms. The lowest BCUT2D eigenvalue weighted by Crippen LogP contribution is -2.54. The third-order valence-corrected chi connectivity index (χ3v) is 5.96. The average Bonchev–Trinajstić information content (AvgIpc) is 3.51. The second-order valence-corrected chi connectivity index (χ2v) is 8.24. The van der Waals surface area contributed by atoms with E-state index in [1.807, 2.05) is 28.0 Å². The van der Waals surface area contributed by atoms with Crippen LogP contribution in [0.15, 0.2) is 24.3 Å². The van der Waals surface area contributed by atoms with Gasteiger partial charge in [-0.05, 0) is 43.9 Å². The van der Waals surface area contributed by atoms with Crippen LogP contribution >= 0.6 is 11.6 Å². The molecule has 3 amide bonds. The highest BCUT2D eigenvalue weighted by atomic mass is 35.5. The van der Waals surface area contributed by atoms with E-state index in [-0.39, 0.29) is 17.9 Å². The van der Waals surface area contributed by atoms with Crippen LogP contribution in [-0.2, 0) is 4.79 Å². The predicted molar refractivity (Wildman–Crippen MR) is 106 cm³/mol. The van der Waals surface area contributed by atoms with E-state index in [9.17, 15) is 9.59 Å². The molecule has 3 fully saturated rings. The van der Waals surface area contributed by atoms with E-state index < -0.39 is 0 Å². The Morgan fingerprint density at radius 1 is 1.00 bits per heavy atom. The van der Waals surface area contributed by atoms with Gasteiger partial charge in [0.1, 0.15) is 0 Å². The number of likely N-dealkylation sites (tertiary alicyclic amines) is 1. The summed E-state index contributed by atoms with van der Waals surface area (Å²) in [6.45, 7) is 4.36. The highest BCUT2D eigenvalue weighted by molar-refractivity contribution is 6.30. The highest BCUT2D eigenvalue weighted by Crippen LogP contribution is 2.24. The van der Waals surface area contributed by atoms with Crippen molar-refractivity contribution in [2.45, 2.75) is 31.7 Å². The molecule has 1 aromatic carbocycles. The maximum absolute atomic E-state index is 13.0. The maximum Gasteiger partial charge on any atom is 0.317 e. The molecule has 1 aliphatic carbocycles. The number of nitrogens with zero attached hydrogens (tertiary/aromatic N) is 3. The number of carbonyl (C=O) groups excluding carboxylic acids is 2. The molecule has 2 heterocycles. The van der Waals surface area contributed by atoms with Gasteiger partial charge in [0.15, 0.2) is 0 Å². The summed E-state index contributed by atoms with van der Waals surface area (Å²) in [5.41, 5.74) is 1.11. The molecule has 0 radical (unpaired) electrons. The van der Waals surface area contributed by atoms with E-state index >= 15 is 0 Å². The van der Waals surface area contributed by atoms with Crippen molar-refractivity contribution in [3.05, 3.63) is 29.3 Å². The van der Waals surface area contributed by atoms with Gasteiger partial charge in [0, 0.05) is 56.0 Å². The first-order valence-electron chi connectivity index (χ1n) is 9.95. The van der Waals surface area contributed by atoms with Crippen LogP contribution in [0.3, 0.4) is 0 Å². The summed E-state index contributed by atoms with van der Waals surface area (Å²) < 4.78 is 0. The number of piperidine rings is 1. The molecule has 1 saturated carbocycles. The highest BCUT2D eigenvalue weighted by Gasteiger charge is 2.34.